The molecule has 0 amide bonds. The fraction of sp³-hybridized carbons (Fsp3) is 0.507. The van der Waals surface area contributed by atoms with Gasteiger partial charge in [-0.15, -0.1) is 0 Å². The van der Waals surface area contributed by atoms with E-state index in [2.05, 4.69) is 52.8 Å². The summed E-state index contributed by atoms with van der Waals surface area (Å²) in [5.41, 5.74) is 2.57. The van der Waals surface area contributed by atoms with Crippen LogP contribution in [0.25, 0.3) is 11.1 Å². The number of carbonyl (C=O) groups is 3. The Hall–Kier alpha value is -5.32. The minimum Gasteiger partial charge on any atom is -0.494 e. The summed E-state index contributed by atoms with van der Waals surface area (Å²) in [6.07, 6.45) is 29.2. The largest absolute Gasteiger partial charge is 0.494 e. The lowest BCUT2D eigenvalue weighted by atomic mass is 10.0. The second kappa shape index (κ2) is 35.5. The van der Waals surface area contributed by atoms with E-state index in [0.717, 1.165) is 36.8 Å². The summed E-state index contributed by atoms with van der Waals surface area (Å²) in [5.74, 6) is -0.00539. The highest BCUT2D eigenvalue weighted by atomic mass is 28.5. The summed E-state index contributed by atoms with van der Waals surface area (Å²) in [4.78, 5) is 40.2. The number of hydrogen-bond acceptors (Lipinski definition) is 10. The zero-order chi connectivity index (χ0) is 57.5. The van der Waals surface area contributed by atoms with Crippen molar-refractivity contribution in [3.63, 3.8) is 0 Å². The minimum absolute atomic E-state index is 0.0728. The summed E-state index contributed by atoms with van der Waals surface area (Å²) < 4.78 is 42.5. The van der Waals surface area contributed by atoms with Crippen molar-refractivity contribution in [2.45, 2.75) is 206 Å². The van der Waals surface area contributed by atoms with Gasteiger partial charge < -0.3 is 31.9 Å². The Balaban J connectivity index is 0.994. The van der Waals surface area contributed by atoms with Gasteiger partial charge in [-0.2, -0.15) is 0 Å². The molecule has 5 aromatic carbocycles. The molecule has 0 saturated heterocycles. The molecule has 0 aliphatic rings. The van der Waals surface area contributed by atoms with Crippen LogP contribution in [-0.2, 0) is 8.23 Å². The summed E-state index contributed by atoms with van der Waals surface area (Å²) in [5, 5.41) is 0. The number of benzene rings is 5. The highest BCUT2D eigenvalue weighted by molar-refractivity contribution is 6.87. The molecule has 13 heteroatoms. The maximum absolute atomic E-state index is 13.6. The Morgan fingerprint density at radius 3 is 1.19 bits per heavy atom. The van der Waals surface area contributed by atoms with E-state index < -0.39 is 43.1 Å². The van der Waals surface area contributed by atoms with E-state index in [1.165, 1.54) is 152 Å². The summed E-state index contributed by atoms with van der Waals surface area (Å²) >= 11 is 0. The van der Waals surface area contributed by atoms with Gasteiger partial charge in [-0.1, -0.05) is 178 Å². The zero-order valence-corrected chi connectivity index (χ0v) is 53.0. The van der Waals surface area contributed by atoms with Crippen LogP contribution in [-0.4, -0.2) is 56.3 Å². The molecule has 0 unspecified atom stereocenters. The van der Waals surface area contributed by atoms with E-state index >= 15 is 0 Å². The van der Waals surface area contributed by atoms with E-state index in [4.69, 9.17) is 31.9 Å². The fourth-order valence-electron chi connectivity index (χ4n) is 10.0. The van der Waals surface area contributed by atoms with Crippen molar-refractivity contribution in [1.82, 2.24) is 0 Å². The van der Waals surface area contributed by atoms with Crippen LogP contribution in [0.4, 0.5) is 0 Å². The molecule has 0 spiro atoms. The van der Waals surface area contributed by atoms with Crippen molar-refractivity contribution in [3.8, 4) is 39.9 Å². The van der Waals surface area contributed by atoms with E-state index in [1.807, 2.05) is 36.4 Å². The Labute approximate surface area is 484 Å². The Morgan fingerprint density at radius 2 is 0.750 bits per heavy atom. The van der Waals surface area contributed by atoms with Gasteiger partial charge >= 0.3 is 26.5 Å². The van der Waals surface area contributed by atoms with Gasteiger partial charge in [-0.05, 0) is 161 Å². The van der Waals surface area contributed by atoms with Gasteiger partial charge in [0.1, 0.15) is 17.2 Å². The Bertz CT molecular complexity index is 2540. The third kappa shape index (κ3) is 26.5. The molecule has 5 aromatic rings. The molecule has 0 heterocycles. The topological polar surface area (TPSA) is 116 Å². The molecule has 0 bridgehead atoms. The molecule has 80 heavy (non-hydrogen) atoms. The Kier molecular flexibility index (Phi) is 29.1. The van der Waals surface area contributed by atoms with Gasteiger partial charge in [0, 0.05) is 0 Å². The second-order valence-corrected chi connectivity index (χ2v) is 36.1. The van der Waals surface area contributed by atoms with E-state index in [1.54, 1.807) is 60.7 Å². The van der Waals surface area contributed by atoms with Crippen LogP contribution in [0.1, 0.15) is 186 Å². The monoisotopic (exact) mass is 1140 g/mol. The van der Waals surface area contributed by atoms with Crippen LogP contribution in [0.15, 0.2) is 121 Å². The molecule has 0 fully saturated rings. The van der Waals surface area contributed by atoms with Crippen LogP contribution in [0, 0.1) is 0 Å². The third-order valence-electron chi connectivity index (χ3n) is 14.0. The summed E-state index contributed by atoms with van der Waals surface area (Å²) in [6.45, 7) is 19.4. The first kappa shape index (κ1) is 65.5. The number of rotatable bonds is 40. The van der Waals surface area contributed by atoms with Crippen molar-refractivity contribution in [2.75, 3.05) is 13.2 Å². The predicted molar refractivity (Wildman–Crippen MR) is 334 cm³/mol. The third-order valence-corrected chi connectivity index (χ3v) is 24.1. The first-order chi connectivity index (χ1) is 38.5. The van der Waals surface area contributed by atoms with Crippen LogP contribution < -0.4 is 23.7 Å². The average Bonchev–Trinajstić information content (AvgIpc) is 3.43. The average molecular weight is 1150 g/mol. The number of unbranched alkanes of at least 4 members (excludes halogenated alkanes) is 21. The molecule has 0 N–H and O–H groups in total. The fourth-order valence-corrected chi connectivity index (χ4v) is 23.3. The van der Waals surface area contributed by atoms with Crippen molar-refractivity contribution < 1.29 is 46.3 Å². The highest BCUT2D eigenvalue weighted by Gasteiger charge is 2.37. The molecular formula is C67H96O10Si3. The van der Waals surface area contributed by atoms with Gasteiger partial charge in [-0.25, -0.2) is 14.4 Å². The lowest BCUT2D eigenvalue weighted by Gasteiger charge is -2.37. The first-order valence-corrected chi connectivity index (χ1v) is 39.7. The van der Waals surface area contributed by atoms with Gasteiger partial charge in [0.2, 0.25) is 0 Å². The maximum atomic E-state index is 13.6. The number of ether oxygens (including phenoxy) is 5. The number of hydrogen-bond donors (Lipinski definition) is 0. The van der Waals surface area contributed by atoms with Crippen molar-refractivity contribution in [3.05, 3.63) is 138 Å². The lowest BCUT2D eigenvalue weighted by molar-refractivity contribution is 0.0682. The van der Waals surface area contributed by atoms with Gasteiger partial charge in [0.25, 0.3) is 0 Å². The molecule has 0 aliphatic carbocycles. The highest BCUT2D eigenvalue weighted by Crippen LogP contribution is 2.35. The second-order valence-electron chi connectivity index (χ2n) is 23.5. The minimum atomic E-state index is -2.07. The van der Waals surface area contributed by atoms with Crippen molar-refractivity contribution in [2.24, 2.45) is 0 Å². The molecule has 0 saturated carbocycles. The standard InChI is InChI=1S/C67H96O10Si3/c1-9-10-11-12-13-14-15-16-17-18-20-23-26-32-51-71-60-44-37-56(38-45-60)65(68)73-62-48-41-58(42-49-62)67(70)75-64-54-59(55-35-30-29-31-36-55)43-50-63(64)74-66(69)57-39-46-61(47-40-57)72-52-33-27-24-21-19-22-25-28-34-53-79(5,6)77-80(7,8)76-78(2,3)4/h29-31,35-50,54H,9-28,32-34,51-53H2,1-8H3. The summed E-state index contributed by atoms with van der Waals surface area (Å²) in [7, 11) is -5.40. The summed E-state index contributed by atoms with van der Waals surface area (Å²) in [6, 6.07) is 35.9. The van der Waals surface area contributed by atoms with E-state index in [0.29, 0.717) is 35.8 Å². The van der Waals surface area contributed by atoms with E-state index in [-0.39, 0.29) is 22.8 Å². The Morgan fingerprint density at radius 1 is 0.362 bits per heavy atom. The van der Waals surface area contributed by atoms with Crippen molar-refractivity contribution >= 4 is 43.1 Å². The molecule has 10 nitrogen and oxygen atoms in total. The normalized spacial score (nSPS) is 11.8. The van der Waals surface area contributed by atoms with Crippen molar-refractivity contribution in [1.29, 1.82) is 0 Å². The molecule has 436 valence electrons. The quantitative estimate of drug-likeness (QED) is 0.0162. The van der Waals surface area contributed by atoms with Crippen LogP contribution in [0.3, 0.4) is 0 Å². The molecule has 0 aromatic heterocycles. The lowest BCUT2D eigenvalue weighted by Crippen LogP contribution is -2.51. The number of esters is 3. The molecular weight excluding hydrogens is 1050 g/mol. The van der Waals surface area contributed by atoms with Gasteiger partial charge in [0.15, 0.2) is 28.1 Å². The molecule has 0 radical (unpaired) electrons. The number of carbonyl (C=O) groups excluding carboxylic acids is 3. The van der Waals surface area contributed by atoms with Gasteiger partial charge in [0.05, 0.1) is 29.9 Å². The SMILES string of the molecule is CCCCCCCCCCCCCCCCOc1ccc(C(=O)Oc2ccc(C(=O)Oc3cc(-c4ccccc4)ccc3OC(=O)c3ccc(OCCCCCCCCCCC[Si](C)(C)O[Si](C)(C)O[Si](C)(C)C)cc3)cc2)cc1. The van der Waals surface area contributed by atoms with Crippen LogP contribution in [0.2, 0.25) is 51.9 Å². The van der Waals surface area contributed by atoms with Crippen LogP contribution >= 0.6 is 0 Å². The maximum Gasteiger partial charge on any atom is 0.343 e. The van der Waals surface area contributed by atoms with E-state index in [9.17, 15) is 14.4 Å². The smallest absolute Gasteiger partial charge is 0.343 e. The molecule has 0 aliphatic heterocycles. The molecule has 0 atom stereocenters. The first-order valence-electron chi connectivity index (χ1n) is 30.3. The zero-order valence-electron chi connectivity index (χ0n) is 50.0. The van der Waals surface area contributed by atoms with Crippen LogP contribution in [0.5, 0.6) is 28.7 Å². The predicted octanol–water partition coefficient (Wildman–Crippen LogP) is 19.5. The molecule has 5 rings (SSSR count). The van der Waals surface area contributed by atoms with Gasteiger partial charge in [-0.3, -0.25) is 0 Å².